The Balaban J connectivity index is 1.43. The highest BCUT2D eigenvalue weighted by molar-refractivity contribution is 5.78. The normalized spacial score (nSPS) is 15.9. The van der Waals surface area contributed by atoms with Crippen molar-refractivity contribution < 1.29 is 18.7 Å². The Morgan fingerprint density at radius 2 is 2.08 bits per heavy atom. The molecule has 1 saturated heterocycles. The van der Waals surface area contributed by atoms with Crippen molar-refractivity contribution in [3.05, 3.63) is 47.8 Å². The fraction of sp³-hybridized carbons (Fsp3) is 0.423. The third-order valence-corrected chi connectivity index (χ3v) is 6.21. The number of hydrogen-bond donors (Lipinski definition) is 1. The van der Waals surface area contributed by atoms with Crippen molar-refractivity contribution in [3.63, 3.8) is 0 Å². The van der Waals surface area contributed by atoms with E-state index in [4.69, 9.17) is 9.47 Å². The van der Waals surface area contributed by atoms with E-state index in [0.29, 0.717) is 53.2 Å². The largest absolute Gasteiger partial charge is 0.456 e. The SMILES string of the molecule is CC(=O)Cc1cc(Oc2cnc3nc(Nc4nn(C5CCOC5)c(C(C)(C)C)c4F)n(C)c3c2)ccn1. The number of carbonyl (C=O) groups is 1. The highest BCUT2D eigenvalue weighted by Gasteiger charge is 2.33. The second-order valence-electron chi connectivity index (χ2n) is 10.3. The van der Waals surface area contributed by atoms with Crippen molar-refractivity contribution >= 4 is 28.7 Å². The Morgan fingerprint density at radius 1 is 1.27 bits per heavy atom. The van der Waals surface area contributed by atoms with Crippen LogP contribution in [0.4, 0.5) is 16.2 Å². The predicted octanol–water partition coefficient (Wildman–Crippen LogP) is 4.63. The molecule has 1 aliphatic heterocycles. The van der Waals surface area contributed by atoms with Crippen LogP contribution in [0.3, 0.4) is 0 Å². The van der Waals surface area contributed by atoms with Crippen LogP contribution in [-0.4, -0.2) is 48.3 Å². The summed E-state index contributed by atoms with van der Waals surface area (Å²) in [6, 6.07) is 5.23. The Bertz CT molecular complexity index is 1470. The average molecular weight is 508 g/mol. The minimum Gasteiger partial charge on any atom is -0.456 e. The van der Waals surface area contributed by atoms with E-state index in [2.05, 4.69) is 25.4 Å². The summed E-state index contributed by atoms with van der Waals surface area (Å²) >= 11 is 0. The van der Waals surface area contributed by atoms with Crippen molar-refractivity contribution in [2.24, 2.45) is 7.05 Å². The molecule has 1 unspecified atom stereocenters. The third-order valence-electron chi connectivity index (χ3n) is 6.21. The number of nitrogens with zero attached hydrogens (tertiary/aromatic N) is 6. The number of Topliss-reactive ketones (excluding diaryl/α,β-unsaturated/α-hetero) is 1. The molecule has 0 saturated carbocycles. The number of fused-ring (bicyclic) bond motifs is 1. The first-order chi connectivity index (χ1) is 17.6. The van der Waals surface area contributed by atoms with Crippen LogP contribution in [0.2, 0.25) is 0 Å². The Hall–Kier alpha value is -3.86. The molecule has 1 fully saturated rings. The minimum absolute atomic E-state index is 0.00904. The lowest BCUT2D eigenvalue weighted by atomic mass is 9.91. The molecule has 11 heteroatoms. The fourth-order valence-electron chi connectivity index (χ4n) is 4.48. The standard InChI is InChI=1S/C26H30FN7O3/c1-15(35)10-16-11-18(6-8-28-16)37-19-12-20-23(29-13-19)30-25(33(20)5)31-24-21(27)22(26(2,3)4)34(32-24)17-7-9-36-14-17/h6,8,11-13,17H,7,9-10,14H2,1-5H3,(H,29,30,31,32). The van der Waals surface area contributed by atoms with Crippen LogP contribution in [0.15, 0.2) is 30.6 Å². The zero-order valence-electron chi connectivity index (χ0n) is 21.6. The summed E-state index contributed by atoms with van der Waals surface area (Å²) in [5, 5.41) is 7.65. The molecule has 1 atom stereocenters. The van der Waals surface area contributed by atoms with Crippen molar-refractivity contribution in [2.75, 3.05) is 18.5 Å². The Kier molecular flexibility index (Phi) is 6.40. The number of aromatic nitrogens is 6. The number of imidazole rings is 1. The monoisotopic (exact) mass is 507 g/mol. The summed E-state index contributed by atoms with van der Waals surface area (Å²) < 4.78 is 30.7. The van der Waals surface area contributed by atoms with Crippen molar-refractivity contribution in [1.82, 2.24) is 29.3 Å². The van der Waals surface area contributed by atoms with E-state index < -0.39 is 11.2 Å². The molecule has 5 heterocycles. The molecule has 0 aromatic carbocycles. The van der Waals surface area contributed by atoms with Gasteiger partial charge in [-0.3, -0.25) is 14.5 Å². The van der Waals surface area contributed by atoms with Gasteiger partial charge in [-0.2, -0.15) is 10.1 Å². The van der Waals surface area contributed by atoms with Crippen LogP contribution in [0, 0.1) is 5.82 Å². The van der Waals surface area contributed by atoms with Crippen LogP contribution in [0.5, 0.6) is 11.5 Å². The number of anilines is 2. The molecular formula is C26H30FN7O3. The number of nitrogens with one attached hydrogen (secondary N) is 1. The molecule has 1 N–H and O–H groups in total. The van der Waals surface area contributed by atoms with Gasteiger partial charge in [-0.25, -0.2) is 9.37 Å². The van der Waals surface area contributed by atoms with Crippen LogP contribution < -0.4 is 10.1 Å². The molecule has 10 nitrogen and oxygen atoms in total. The second kappa shape index (κ2) is 9.55. The average Bonchev–Trinajstić information content (AvgIpc) is 3.53. The van der Waals surface area contributed by atoms with Crippen molar-refractivity contribution in [2.45, 2.75) is 52.0 Å². The number of aryl methyl sites for hydroxylation is 1. The molecule has 0 spiro atoms. The maximum atomic E-state index is 15.6. The van der Waals surface area contributed by atoms with Crippen LogP contribution in [0.1, 0.15) is 51.5 Å². The molecular weight excluding hydrogens is 477 g/mol. The van der Waals surface area contributed by atoms with Crippen LogP contribution in [-0.2, 0) is 28.4 Å². The summed E-state index contributed by atoms with van der Waals surface area (Å²) in [5.41, 5.74) is 1.88. The number of pyridine rings is 2. The van der Waals surface area contributed by atoms with Crippen molar-refractivity contribution in [3.8, 4) is 11.5 Å². The van der Waals surface area contributed by atoms with Gasteiger partial charge in [0.05, 0.1) is 35.8 Å². The van der Waals surface area contributed by atoms with Crippen LogP contribution in [0.25, 0.3) is 11.2 Å². The molecule has 37 heavy (non-hydrogen) atoms. The highest BCUT2D eigenvalue weighted by atomic mass is 19.1. The number of hydrogen-bond acceptors (Lipinski definition) is 8. The third kappa shape index (κ3) is 5.04. The number of rotatable bonds is 7. The molecule has 4 aromatic rings. The van der Waals surface area contributed by atoms with Gasteiger partial charge in [0.1, 0.15) is 17.3 Å². The van der Waals surface area contributed by atoms with Gasteiger partial charge in [0.25, 0.3) is 0 Å². The summed E-state index contributed by atoms with van der Waals surface area (Å²) in [4.78, 5) is 24.6. The van der Waals surface area contributed by atoms with Gasteiger partial charge in [0, 0.05) is 43.8 Å². The van der Waals surface area contributed by atoms with Gasteiger partial charge >= 0.3 is 0 Å². The highest BCUT2D eigenvalue weighted by Crippen LogP contribution is 2.35. The van der Waals surface area contributed by atoms with Crippen LogP contribution >= 0.6 is 0 Å². The zero-order valence-corrected chi connectivity index (χ0v) is 21.6. The maximum Gasteiger partial charge on any atom is 0.210 e. The number of ether oxygens (including phenoxy) is 2. The maximum absolute atomic E-state index is 15.6. The quantitative estimate of drug-likeness (QED) is 0.386. The molecule has 0 bridgehead atoms. The first kappa shape index (κ1) is 24.8. The summed E-state index contributed by atoms with van der Waals surface area (Å²) in [6.45, 7) is 8.57. The molecule has 0 amide bonds. The topological polar surface area (TPSA) is 109 Å². The fourth-order valence-corrected chi connectivity index (χ4v) is 4.48. The van der Waals surface area contributed by atoms with E-state index in [-0.39, 0.29) is 24.1 Å². The number of halogens is 1. The number of ketones is 1. The van der Waals surface area contributed by atoms with Gasteiger partial charge in [0.2, 0.25) is 5.95 Å². The molecule has 5 rings (SSSR count). The van der Waals surface area contributed by atoms with Gasteiger partial charge in [-0.15, -0.1) is 0 Å². The Morgan fingerprint density at radius 3 is 2.78 bits per heavy atom. The molecule has 4 aromatic heterocycles. The molecule has 0 radical (unpaired) electrons. The van der Waals surface area contributed by atoms with Crippen molar-refractivity contribution in [1.29, 1.82) is 0 Å². The van der Waals surface area contributed by atoms with Gasteiger partial charge in [0.15, 0.2) is 17.3 Å². The lowest BCUT2D eigenvalue weighted by Gasteiger charge is -2.22. The second-order valence-corrected chi connectivity index (χ2v) is 10.3. The molecule has 194 valence electrons. The molecule has 1 aliphatic rings. The first-order valence-corrected chi connectivity index (χ1v) is 12.2. The lowest BCUT2D eigenvalue weighted by Crippen LogP contribution is -2.23. The van der Waals surface area contributed by atoms with E-state index in [9.17, 15) is 4.79 Å². The van der Waals surface area contributed by atoms with E-state index in [1.807, 2.05) is 27.8 Å². The summed E-state index contributed by atoms with van der Waals surface area (Å²) in [6.07, 6.45) is 4.19. The summed E-state index contributed by atoms with van der Waals surface area (Å²) in [7, 11) is 1.81. The minimum atomic E-state index is -0.447. The van der Waals surface area contributed by atoms with Gasteiger partial charge < -0.3 is 19.4 Å². The summed E-state index contributed by atoms with van der Waals surface area (Å²) in [5.74, 6) is 1.18. The Labute approximate surface area is 213 Å². The first-order valence-electron chi connectivity index (χ1n) is 12.2. The zero-order chi connectivity index (χ0) is 26.3. The number of carbonyl (C=O) groups excluding carboxylic acids is 1. The van der Waals surface area contributed by atoms with Gasteiger partial charge in [-0.05, 0) is 19.4 Å². The molecule has 0 aliphatic carbocycles. The lowest BCUT2D eigenvalue weighted by molar-refractivity contribution is -0.116. The smallest absolute Gasteiger partial charge is 0.210 e. The van der Waals surface area contributed by atoms with E-state index in [0.717, 1.165) is 6.42 Å². The van der Waals surface area contributed by atoms with E-state index in [1.165, 1.54) is 6.92 Å². The van der Waals surface area contributed by atoms with Gasteiger partial charge in [-0.1, -0.05) is 20.8 Å². The van der Waals surface area contributed by atoms with E-state index >= 15 is 4.39 Å². The van der Waals surface area contributed by atoms with E-state index in [1.54, 1.807) is 39.8 Å². The predicted molar refractivity (Wildman–Crippen MR) is 136 cm³/mol.